The van der Waals surface area contributed by atoms with Gasteiger partial charge in [-0.25, -0.2) is 9.18 Å². The molecule has 0 aromatic heterocycles. The maximum atomic E-state index is 13.3. The number of amides is 1. The van der Waals surface area contributed by atoms with Crippen molar-refractivity contribution < 1.29 is 13.9 Å². The summed E-state index contributed by atoms with van der Waals surface area (Å²) in [5.74, 6) is -0.301. The molecule has 1 atom stereocenters. The van der Waals surface area contributed by atoms with Crippen LogP contribution < -0.4 is 5.73 Å². The molecule has 2 N–H and O–H groups in total. The number of hydrogen-bond acceptors (Lipinski definition) is 3. The van der Waals surface area contributed by atoms with Gasteiger partial charge in [-0.15, -0.1) is 0 Å². The van der Waals surface area contributed by atoms with Crippen LogP contribution in [0.4, 0.5) is 9.18 Å². The van der Waals surface area contributed by atoms with E-state index in [0.29, 0.717) is 19.5 Å². The minimum absolute atomic E-state index is 0.256. The highest BCUT2D eigenvalue weighted by atomic mass is 19.1. The minimum atomic E-state index is -0.531. The molecule has 0 spiro atoms. The van der Waals surface area contributed by atoms with Crippen molar-refractivity contribution in [3.63, 3.8) is 0 Å². The molecule has 1 amide bonds. The van der Waals surface area contributed by atoms with Crippen molar-refractivity contribution in [2.75, 3.05) is 6.54 Å². The lowest BCUT2D eigenvalue weighted by molar-refractivity contribution is 0.0235. The third-order valence-electron chi connectivity index (χ3n) is 3.23. The van der Waals surface area contributed by atoms with Gasteiger partial charge in [0.15, 0.2) is 0 Å². The third-order valence-corrected chi connectivity index (χ3v) is 3.23. The summed E-state index contributed by atoms with van der Waals surface area (Å²) in [5, 5.41) is 0. The fourth-order valence-electron chi connectivity index (χ4n) is 2.27. The average Bonchev–Trinajstić information content (AvgIpc) is 2.48. The molecule has 1 aromatic rings. The maximum Gasteiger partial charge on any atom is 0.410 e. The largest absolute Gasteiger partial charge is 0.444 e. The second-order valence-corrected chi connectivity index (χ2v) is 6.14. The Balaban J connectivity index is 2.20. The van der Waals surface area contributed by atoms with Gasteiger partial charge in [0.05, 0.1) is 0 Å². The summed E-state index contributed by atoms with van der Waals surface area (Å²) in [6.07, 6.45) is 0.234. The van der Waals surface area contributed by atoms with Crippen molar-refractivity contribution in [1.82, 2.24) is 4.90 Å². The Morgan fingerprint density at radius 2 is 2.15 bits per heavy atom. The number of carbonyl (C=O) groups is 1. The van der Waals surface area contributed by atoms with Crippen molar-refractivity contribution in [3.8, 4) is 0 Å². The highest BCUT2D eigenvalue weighted by Gasteiger charge is 2.26. The van der Waals surface area contributed by atoms with Crippen molar-refractivity contribution in [1.29, 1.82) is 0 Å². The summed E-state index contributed by atoms with van der Waals surface area (Å²) < 4.78 is 18.7. The number of nitrogens with two attached hydrogens (primary N) is 1. The zero-order valence-corrected chi connectivity index (χ0v) is 12.1. The molecule has 0 radical (unpaired) electrons. The van der Waals surface area contributed by atoms with Gasteiger partial charge >= 0.3 is 6.09 Å². The Morgan fingerprint density at radius 1 is 1.45 bits per heavy atom. The van der Waals surface area contributed by atoms with Gasteiger partial charge in [0.1, 0.15) is 11.4 Å². The van der Waals surface area contributed by atoms with Crippen LogP contribution in [0.2, 0.25) is 0 Å². The predicted octanol–water partition coefficient (Wildman–Crippen LogP) is 2.97. The number of fused-ring (bicyclic) bond motifs is 1. The summed E-state index contributed by atoms with van der Waals surface area (Å²) in [6.45, 7) is 6.40. The topological polar surface area (TPSA) is 55.6 Å². The molecule has 20 heavy (non-hydrogen) atoms. The molecule has 1 aliphatic rings. The maximum absolute atomic E-state index is 13.3. The molecule has 0 saturated heterocycles. The summed E-state index contributed by atoms with van der Waals surface area (Å²) in [7, 11) is 0. The van der Waals surface area contributed by atoms with Crippen LogP contribution in [0.15, 0.2) is 18.2 Å². The number of ether oxygens (including phenoxy) is 1. The standard InChI is InChI=1S/C15H21FN2O2/c1-15(2,3)20-14(19)18-7-6-13(17)12-8-11(16)5-4-10(12)9-18/h4-5,8,13H,6-7,9,17H2,1-3H3/t13-/m1/s1. The van der Waals surface area contributed by atoms with Gasteiger partial charge in [0.25, 0.3) is 0 Å². The van der Waals surface area contributed by atoms with Gasteiger partial charge in [-0.05, 0) is 50.5 Å². The first-order chi connectivity index (χ1) is 9.26. The van der Waals surface area contributed by atoms with Crippen LogP contribution >= 0.6 is 0 Å². The van der Waals surface area contributed by atoms with E-state index in [4.69, 9.17) is 10.5 Å². The van der Waals surface area contributed by atoms with E-state index >= 15 is 0 Å². The van der Waals surface area contributed by atoms with Gasteiger partial charge in [0, 0.05) is 19.1 Å². The highest BCUT2D eigenvalue weighted by molar-refractivity contribution is 5.68. The normalized spacial score (nSPS) is 19.2. The van der Waals surface area contributed by atoms with E-state index in [1.54, 1.807) is 11.0 Å². The second kappa shape index (κ2) is 5.40. The molecular formula is C15H21FN2O2. The van der Waals surface area contributed by atoms with Gasteiger partial charge < -0.3 is 15.4 Å². The van der Waals surface area contributed by atoms with E-state index in [9.17, 15) is 9.18 Å². The lowest BCUT2D eigenvalue weighted by Gasteiger charge is -2.26. The van der Waals surface area contributed by atoms with Gasteiger partial charge in [-0.3, -0.25) is 0 Å². The van der Waals surface area contributed by atoms with E-state index in [0.717, 1.165) is 11.1 Å². The number of nitrogens with zero attached hydrogens (tertiary/aromatic N) is 1. The second-order valence-electron chi connectivity index (χ2n) is 6.14. The van der Waals surface area contributed by atoms with Gasteiger partial charge in [-0.2, -0.15) is 0 Å². The van der Waals surface area contributed by atoms with E-state index in [2.05, 4.69) is 0 Å². The van der Waals surface area contributed by atoms with Crippen molar-refractivity contribution in [2.45, 2.75) is 45.4 Å². The molecule has 2 rings (SSSR count). The van der Waals surface area contributed by atoms with Crippen LogP contribution in [0, 0.1) is 5.82 Å². The quantitative estimate of drug-likeness (QED) is 0.795. The molecule has 0 unspecified atom stereocenters. The number of halogens is 1. The fraction of sp³-hybridized carbons (Fsp3) is 0.533. The number of hydrogen-bond donors (Lipinski definition) is 1. The fourth-order valence-corrected chi connectivity index (χ4v) is 2.27. The first-order valence-corrected chi connectivity index (χ1v) is 6.78. The molecule has 1 aliphatic heterocycles. The van der Waals surface area contributed by atoms with Crippen LogP contribution in [-0.4, -0.2) is 23.1 Å². The van der Waals surface area contributed by atoms with Crippen LogP contribution in [0.25, 0.3) is 0 Å². The zero-order chi connectivity index (χ0) is 14.9. The molecule has 0 fully saturated rings. The predicted molar refractivity (Wildman–Crippen MR) is 74.6 cm³/mol. The molecule has 0 saturated carbocycles. The van der Waals surface area contributed by atoms with E-state index in [1.165, 1.54) is 12.1 Å². The summed E-state index contributed by atoms with van der Waals surface area (Å²) in [5.41, 5.74) is 7.18. The molecule has 0 bridgehead atoms. The minimum Gasteiger partial charge on any atom is -0.444 e. The molecule has 1 heterocycles. The number of rotatable bonds is 0. The van der Waals surface area contributed by atoms with Crippen LogP contribution in [0.5, 0.6) is 0 Å². The average molecular weight is 280 g/mol. The summed E-state index contributed by atoms with van der Waals surface area (Å²) >= 11 is 0. The summed E-state index contributed by atoms with van der Waals surface area (Å²) in [4.78, 5) is 13.8. The van der Waals surface area contributed by atoms with Crippen LogP contribution in [0.3, 0.4) is 0 Å². The molecular weight excluding hydrogens is 259 g/mol. The monoisotopic (exact) mass is 280 g/mol. The lowest BCUT2D eigenvalue weighted by Crippen LogP contribution is -2.36. The SMILES string of the molecule is CC(C)(C)OC(=O)N1CC[C@@H](N)c2cc(F)ccc2C1. The first kappa shape index (κ1) is 14.8. The third kappa shape index (κ3) is 3.48. The lowest BCUT2D eigenvalue weighted by atomic mass is 10.00. The first-order valence-electron chi connectivity index (χ1n) is 6.78. The Labute approximate surface area is 118 Å². The summed E-state index contributed by atoms with van der Waals surface area (Å²) in [6, 6.07) is 4.28. The number of carbonyl (C=O) groups excluding carboxylic acids is 1. The zero-order valence-electron chi connectivity index (χ0n) is 12.1. The van der Waals surface area contributed by atoms with E-state index in [-0.39, 0.29) is 18.0 Å². The Hall–Kier alpha value is -1.62. The Bertz CT molecular complexity index is 511. The van der Waals surface area contributed by atoms with E-state index < -0.39 is 5.60 Å². The van der Waals surface area contributed by atoms with Crippen molar-refractivity contribution in [2.24, 2.45) is 5.73 Å². The number of benzene rings is 1. The van der Waals surface area contributed by atoms with Gasteiger partial charge in [0.2, 0.25) is 0 Å². The smallest absolute Gasteiger partial charge is 0.410 e. The molecule has 110 valence electrons. The molecule has 0 aliphatic carbocycles. The van der Waals surface area contributed by atoms with E-state index in [1.807, 2.05) is 20.8 Å². The molecule has 5 heteroatoms. The molecule has 4 nitrogen and oxygen atoms in total. The Kier molecular flexibility index (Phi) is 3.99. The van der Waals surface area contributed by atoms with Crippen LogP contribution in [-0.2, 0) is 11.3 Å². The Morgan fingerprint density at radius 3 is 2.80 bits per heavy atom. The van der Waals surface area contributed by atoms with Crippen LogP contribution in [0.1, 0.15) is 44.4 Å². The molecule has 1 aromatic carbocycles. The van der Waals surface area contributed by atoms with Crippen molar-refractivity contribution >= 4 is 6.09 Å². The highest BCUT2D eigenvalue weighted by Crippen LogP contribution is 2.26. The van der Waals surface area contributed by atoms with Crippen molar-refractivity contribution in [3.05, 3.63) is 35.1 Å². The van der Waals surface area contributed by atoms with Gasteiger partial charge in [-0.1, -0.05) is 6.07 Å².